The van der Waals surface area contributed by atoms with E-state index in [2.05, 4.69) is 42.5 Å². The zero-order chi connectivity index (χ0) is 13.7. The molecule has 2 aromatic carbocycles. The number of benzene rings is 2. The van der Waals surface area contributed by atoms with Crippen molar-refractivity contribution in [2.24, 2.45) is 5.73 Å². The maximum atomic E-state index is 9.10. The fourth-order valence-electron chi connectivity index (χ4n) is 2.00. The summed E-state index contributed by atoms with van der Waals surface area (Å²) in [6, 6.07) is 15.0. The van der Waals surface area contributed by atoms with Crippen molar-refractivity contribution < 1.29 is 5.11 Å². The summed E-state index contributed by atoms with van der Waals surface area (Å²) in [6.07, 6.45) is 1.87. The Morgan fingerprint density at radius 1 is 1.16 bits per heavy atom. The van der Waals surface area contributed by atoms with Gasteiger partial charge in [0.25, 0.3) is 0 Å². The molecule has 2 aromatic rings. The van der Waals surface area contributed by atoms with Crippen LogP contribution in [-0.4, -0.2) is 23.0 Å². The van der Waals surface area contributed by atoms with E-state index in [0.717, 1.165) is 18.6 Å². The molecule has 0 aromatic heterocycles. The quantitative estimate of drug-likeness (QED) is 0.627. The molecule has 0 spiro atoms. The Morgan fingerprint density at radius 2 is 1.89 bits per heavy atom. The summed E-state index contributed by atoms with van der Waals surface area (Å²) in [5.41, 5.74) is 5.47. The fourth-order valence-corrected chi connectivity index (χ4v) is 2.90. The highest BCUT2D eigenvalue weighted by molar-refractivity contribution is 7.99. The molecule has 3 heteroatoms. The van der Waals surface area contributed by atoms with Crippen LogP contribution in [0.2, 0.25) is 0 Å². The van der Waals surface area contributed by atoms with Crippen molar-refractivity contribution in [2.45, 2.75) is 30.2 Å². The van der Waals surface area contributed by atoms with Crippen LogP contribution in [0.15, 0.2) is 47.4 Å². The number of nitrogens with two attached hydrogens (primary N) is 1. The second-order valence-electron chi connectivity index (χ2n) is 5.27. The van der Waals surface area contributed by atoms with Crippen LogP contribution in [0.4, 0.5) is 0 Å². The third kappa shape index (κ3) is 4.23. The molecule has 0 saturated carbocycles. The van der Waals surface area contributed by atoms with Gasteiger partial charge in [-0.25, -0.2) is 0 Å². The Balaban J connectivity index is 1.88. The fraction of sp³-hybridized carbons (Fsp3) is 0.375. The molecule has 2 nitrogen and oxygen atoms in total. The van der Waals surface area contributed by atoms with Crippen LogP contribution in [0.1, 0.15) is 19.8 Å². The number of aliphatic hydroxyl groups excluding tert-OH is 1. The zero-order valence-electron chi connectivity index (χ0n) is 11.3. The summed E-state index contributed by atoms with van der Waals surface area (Å²) in [7, 11) is 0. The van der Waals surface area contributed by atoms with E-state index in [1.54, 1.807) is 0 Å². The predicted molar refractivity (Wildman–Crippen MR) is 83.6 cm³/mol. The average molecular weight is 275 g/mol. The van der Waals surface area contributed by atoms with Crippen LogP contribution in [0, 0.1) is 0 Å². The predicted octanol–water partition coefficient (Wildman–Crippen LogP) is 3.42. The lowest BCUT2D eigenvalue weighted by atomic mass is 9.99. The second kappa shape index (κ2) is 6.42. The van der Waals surface area contributed by atoms with Crippen molar-refractivity contribution in [1.82, 2.24) is 0 Å². The van der Waals surface area contributed by atoms with Gasteiger partial charge in [0.2, 0.25) is 0 Å². The molecule has 2 rings (SSSR count). The third-order valence-corrected chi connectivity index (χ3v) is 4.32. The second-order valence-corrected chi connectivity index (χ2v) is 6.44. The van der Waals surface area contributed by atoms with Gasteiger partial charge in [-0.1, -0.05) is 30.3 Å². The molecule has 1 atom stereocenters. The molecule has 0 aliphatic rings. The normalized spacial score (nSPS) is 14.5. The summed E-state index contributed by atoms with van der Waals surface area (Å²) in [4.78, 5) is 1.29. The summed E-state index contributed by atoms with van der Waals surface area (Å²) in [5, 5.41) is 11.7. The van der Waals surface area contributed by atoms with E-state index in [9.17, 15) is 0 Å². The minimum atomic E-state index is -0.441. The Hall–Kier alpha value is -1.03. The molecule has 0 radical (unpaired) electrons. The van der Waals surface area contributed by atoms with Crippen LogP contribution in [-0.2, 0) is 0 Å². The van der Waals surface area contributed by atoms with Gasteiger partial charge < -0.3 is 10.8 Å². The highest BCUT2D eigenvalue weighted by Gasteiger charge is 2.15. The van der Waals surface area contributed by atoms with E-state index in [1.165, 1.54) is 15.7 Å². The molecule has 19 heavy (non-hydrogen) atoms. The minimum absolute atomic E-state index is 0.0492. The van der Waals surface area contributed by atoms with Gasteiger partial charge >= 0.3 is 0 Å². The Bertz CT molecular complexity index is 539. The summed E-state index contributed by atoms with van der Waals surface area (Å²) in [6.45, 7) is 1.95. The van der Waals surface area contributed by atoms with Gasteiger partial charge in [-0.05, 0) is 48.4 Å². The molecular weight excluding hydrogens is 254 g/mol. The number of fused-ring (bicyclic) bond motifs is 1. The molecule has 0 amide bonds. The Labute approximate surface area is 119 Å². The lowest BCUT2D eigenvalue weighted by molar-refractivity contribution is 0.200. The Morgan fingerprint density at radius 3 is 2.63 bits per heavy atom. The van der Waals surface area contributed by atoms with Crippen molar-refractivity contribution in [1.29, 1.82) is 0 Å². The largest absolute Gasteiger partial charge is 0.394 e. The molecule has 0 fully saturated rings. The van der Waals surface area contributed by atoms with Gasteiger partial charge in [0.05, 0.1) is 6.61 Å². The lowest BCUT2D eigenvalue weighted by Gasteiger charge is -2.21. The standard InChI is InChI=1S/C16H21NOS/c1-16(17,12-18)9-4-10-19-15-8-7-13-5-2-3-6-14(13)11-15/h2-3,5-8,11,18H,4,9-10,12,17H2,1H3. The Kier molecular flexibility index (Phi) is 4.86. The van der Waals surface area contributed by atoms with E-state index in [-0.39, 0.29) is 6.61 Å². The molecule has 0 aliphatic heterocycles. The number of rotatable bonds is 6. The van der Waals surface area contributed by atoms with Gasteiger partial charge in [-0.3, -0.25) is 0 Å². The highest BCUT2D eigenvalue weighted by atomic mass is 32.2. The average Bonchev–Trinajstić information content (AvgIpc) is 2.43. The molecule has 0 bridgehead atoms. The van der Waals surface area contributed by atoms with Crippen LogP contribution in [0.3, 0.4) is 0 Å². The van der Waals surface area contributed by atoms with E-state index in [4.69, 9.17) is 10.8 Å². The van der Waals surface area contributed by atoms with E-state index < -0.39 is 5.54 Å². The molecule has 0 aliphatic carbocycles. The molecule has 0 saturated heterocycles. The van der Waals surface area contributed by atoms with Gasteiger partial charge in [-0.15, -0.1) is 11.8 Å². The summed E-state index contributed by atoms with van der Waals surface area (Å²) < 4.78 is 0. The van der Waals surface area contributed by atoms with E-state index >= 15 is 0 Å². The molecule has 0 heterocycles. The van der Waals surface area contributed by atoms with Gasteiger partial charge in [-0.2, -0.15) is 0 Å². The topological polar surface area (TPSA) is 46.2 Å². The number of hydrogen-bond acceptors (Lipinski definition) is 3. The van der Waals surface area contributed by atoms with E-state index in [1.807, 2.05) is 18.7 Å². The number of thioether (sulfide) groups is 1. The smallest absolute Gasteiger partial charge is 0.0608 e. The summed E-state index contributed by atoms with van der Waals surface area (Å²) in [5.74, 6) is 1.03. The maximum absolute atomic E-state index is 9.10. The monoisotopic (exact) mass is 275 g/mol. The van der Waals surface area contributed by atoms with Crippen LogP contribution in [0.5, 0.6) is 0 Å². The van der Waals surface area contributed by atoms with Crippen molar-refractivity contribution in [3.05, 3.63) is 42.5 Å². The molecule has 1 unspecified atom stereocenters. The molecule has 102 valence electrons. The van der Waals surface area contributed by atoms with Crippen LogP contribution in [0.25, 0.3) is 10.8 Å². The first kappa shape index (κ1) is 14.4. The zero-order valence-corrected chi connectivity index (χ0v) is 12.1. The summed E-state index contributed by atoms with van der Waals surface area (Å²) >= 11 is 1.85. The number of aliphatic hydroxyl groups is 1. The molecule has 3 N–H and O–H groups in total. The van der Waals surface area contributed by atoms with Crippen molar-refractivity contribution in [2.75, 3.05) is 12.4 Å². The van der Waals surface area contributed by atoms with Crippen LogP contribution >= 0.6 is 11.8 Å². The third-order valence-electron chi connectivity index (χ3n) is 3.24. The van der Waals surface area contributed by atoms with Gasteiger partial charge in [0.1, 0.15) is 0 Å². The first-order valence-electron chi connectivity index (χ1n) is 6.62. The lowest BCUT2D eigenvalue weighted by Crippen LogP contribution is -2.40. The van der Waals surface area contributed by atoms with Crippen molar-refractivity contribution in [3.8, 4) is 0 Å². The van der Waals surface area contributed by atoms with Crippen molar-refractivity contribution in [3.63, 3.8) is 0 Å². The van der Waals surface area contributed by atoms with Gasteiger partial charge in [0, 0.05) is 10.4 Å². The van der Waals surface area contributed by atoms with Gasteiger partial charge in [0.15, 0.2) is 0 Å². The van der Waals surface area contributed by atoms with Crippen LogP contribution < -0.4 is 5.73 Å². The first-order valence-corrected chi connectivity index (χ1v) is 7.61. The molecular formula is C16H21NOS. The minimum Gasteiger partial charge on any atom is -0.394 e. The maximum Gasteiger partial charge on any atom is 0.0608 e. The highest BCUT2D eigenvalue weighted by Crippen LogP contribution is 2.25. The van der Waals surface area contributed by atoms with Crippen molar-refractivity contribution >= 4 is 22.5 Å². The first-order chi connectivity index (χ1) is 9.11. The van der Waals surface area contributed by atoms with E-state index in [0.29, 0.717) is 0 Å². The SMILES string of the molecule is CC(N)(CO)CCCSc1ccc2ccccc2c1. The number of hydrogen-bond donors (Lipinski definition) is 2.